The Morgan fingerprint density at radius 1 is 1.47 bits per heavy atom. The van der Waals surface area contributed by atoms with E-state index in [1.54, 1.807) is 11.6 Å². The molecule has 0 unspecified atom stereocenters. The van der Waals surface area contributed by atoms with Crippen molar-refractivity contribution in [3.8, 4) is 0 Å². The summed E-state index contributed by atoms with van der Waals surface area (Å²) in [4.78, 5) is 14.0. The van der Waals surface area contributed by atoms with Crippen LogP contribution in [-0.4, -0.2) is 53.6 Å². The first-order valence-corrected chi connectivity index (χ1v) is 7.11. The summed E-state index contributed by atoms with van der Waals surface area (Å²) < 4.78 is 12.8. The Morgan fingerprint density at radius 3 is 2.79 bits per heavy atom. The normalized spacial score (nSPS) is 16.6. The van der Waals surface area contributed by atoms with Crippen LogP contribution in [0.15, 0.2) is 4.47 Å². The van der Waals surface area contributed by atoms with Crippen molar-refractivity contribution >= 4 is 21.9 Å². The molecule has 1 aliphatic rings. The molecule has 2 heterocycles. The summed E-state index contributed by atoms with van der Waals surface area (Å²) in [6.45, 7) is 6.16. The van der Waals surface area contributed by atoms with E-state index in [-0.39, 0.29) is 0 Å². The molecule has 19 heavy (non-hydrogen) atoms. The second-order valence-electron chi connectivity index (χ2n) is 4.34. The van der Waals surface area contributed by atoms with Crippen LogP contribution in [0, 0.1) is 0 Å². The number of carbonyl (C=O) groups is 1. The number of aromatic nitrogens is 2. The standard InChI is InChI=1S/C12H18BrN3O3/c1-3-19-12(17)11-10(13)9(15(2)14-11)8-16-4-6-18-7-5-16/h3-8H2,1-2H3. The highest BCUT2D eigenvalue weighted by molar-refractivity contribution is 9.10. The highest BCUT2D eigenvalue weighted by atomic mass is 79.9. The van der Waals surface area contributed by atoms with E-state index in [1.165, 1.54) is 0 Å². The quantitative estimate of drug-likeness (QED) is 0.776. The molecule has 0 spiro atoms. The molecule has 1 fully saturated rings. The van der Waals surface area contributed by atoms with Gasteiger partial charge < -0.3 is 9.47 Å². The number of ether oxygens (including phenoxy) is 2. The number of morpholine rings is 1. The fourth-order valence-corrected chi connectivity index (χ4v) is 2.63. The van der Waals surface area contributed by atoms with E-state index >= 15 is 0 Å². The van der Waals surface area contributed by atoms with Crippen molar-refractivity contribution in [2.24, 2.45) is 7.05 Å². The molecule has 0 N–H and O–H groups in total. The first-order valence-electron chi connectivity index (χ1n) is 6.32. The highest BCUT2D eigenvalue weighted by Crippen LogP contribution is 2.23. The van der Waals surface area contributed by atoms with Gasteiger partial charge in [0.2, 0.25) is 0 Å². The van der Waals surface area contributed by atoms with Crippen molar-refractivity contribution in [1.82, 2.24) is 14.7 Å². The number of esters is 1. The van der Waals surface area contributed by atoms with Gasteiger partial charge in [-0.25, -0.2) is 4.79 Å². The lowest BCUT2D eigenvalue weighted by molar-refractivity contribution is 0.0330. The van der Waals surface area contributed by atoms with Gasteiger partial charge in [0.15, 0.2) is 5.69 Å². The number of rotatable bonds is 4. The maximum absolute atomic E-state index is 11.8. The Morgan fingerprint density at radius 2 is 2.16 bits per heavy atom. The minimum absolute atomic E-state index is 0.340. The van der Waals surface area contributed by atoms with Crippen LogP contribution in [-0.2, 0) is 23.1 Å². The van der Waals surface area contributed by atoms with Crippen LogP contribution in [0.3, 0.4) is 0 Å². The van der Waals surface area contributed by atoms with Gasteiger partial charge in [-0.05, 0) is 22.9 Å². The topological polar surface area (TPSA) is 56.6 Å². The number of carbonyl (C=O) groups excluding carboxylic acids is 1. The van der Waals surface area contributed by atoms with Crippen LogP contribution >= 0.6 is 15.9 Å². The molecule has 1 aromatic heterocycles. The smallest absolute Gasteiger partial charge is 0.360 e. The Balaban J connectivity index is 2.14. The number of halogens is 1. The molecule has 0 aromatic carbocycles. The van der Waals surface area contributed by atoms with Crippen LogP contribution in [0.25, 0.3) is 0 Å². The summed E-state index contributed by atoms with van der Waals surface area (Å²) >= 11 is 3.46. The van der Waals surface area contributed by atoms with E-state index in [9.17, 15) is 4.79 Å². The second-order valence-corrected chi connectivity index (χ2v) is 5.13. The van der Waals surface area contributed by atoms with E-state index in [1.807, 2.05) is 7.05 Å². The molecule has 0 amide bonds. The first-order chi connectivity index (χ1) is 9.13. The predicted octanol–water partition coefficient (Wildman–Crippen LogP) is 1.19. The minimum Gasteiger partial charge on any atom is -0.461 e. The van der Waals surface area contributed by atoms with E-state index in [2.05, 4.69) is 25.9 Å². The Labute approximate surface area is 120 Å². The fraction of sp³-hybridized carbons (Fsp3) is 0.667. The Kier molecular flexibility index (Phi) is 4.95. The molecule has 1 aliphatic heterocycles. The van der Waals surface area contributed by atoms with Gasteiger partial charge in [-0.15, -0.1) is 0 Å². The van der Waals surface area contributed by atoms with Crippen molar-refractivity contribution in [2.45, 2.75) is 13.5 Å². The highest BCUT2D eigenvalue weighted by Gasteiger charge is 2.23. The zero-order valence-electron chi connectivity index (χ0n) is 11.2. The van der Waals surface area contributed by atoms with Crippen LogP contribution in [0.1, 0.15) is 23.1 Å². The Bertz CT molecular complexity index is 455. The minimum atomic E-state index is -0.391. The summed E-state index contributed by atoms with van der Waals surface area (Å²) in [5, 5.41) is 4.23. The summed E-state index contributed by atoms with van der Waals surface area (Å²) in [5.41, 5.74) is 1.32. The molecule has 1 aromatic rings. The monoisotopic (exact) mass is 331 g/mol. The van der Waals surface area contributed by atoms with Crippen molar-refractivity contribution in [3.05, 3.63) is 15.9 Å². The molecule has 1 saturated heterocycles. The van der Waals surface area contributed by atoms with E-state index in [4.69, 9.17) is 9.47 Å². The molecule has 106 valence electrons. The number of aryl methyl sites for hydroxylation is 1. The molecule has 0 aliphatic carbocycles. The molecule has 7 heteroatoms. The van der Waals surface area contributed by atoms with Gasteiger partial charge >= 0.3 is 5.97 Å². The summed E-state index contributed by atoms with van der Waals surface area (Å²) in [6.07, 6.45) is 0. The zero-order valence-corrected chi connectivity index (χ0v) is 12.8. The molecule has 0 radical (unpaired) electrons. The van der Waals surface area contributed by atoms with E-state index in [0.29, 0.717) is 12.3 Å². The first kappa shape index (κ1) is 14.5. The zero-order chi connectivity index (χ0) is 13.8. The lowest BCUT2D eigenvalue weighted by Gasteiger charge is -2.26. The molecular weight excluding hydrogens is 314 g/mol. The van der Waals surface area contributed by atoms with Crippen molar-refractivity contribution in [2.75, 3.05) is 32.9 Å². The maximum Gasteiger partial charge on any atom is 0.360 e. The predicted molar refractivity (Wildman–Crippen MR) is 73.0 cm³/mol. The lowest BCUT2D eigenvalue weighted by Crippen LogP contribution is -2.36. The maximum atomic E-state index is 11.8. The molecule has 6 nitrogen and oxygen atoms in total. The van der Waals surface area contributed by atoms with Gasteiger partial charge in [0.1, 0.15) is 0 Å². The SMILES string of the molecule is CCOC(=O)c1nn(C)c(CN2CCOCC2)c1Br. The summed E-state index contributed by atoms with van der Waals surface area (Å²) in [7, 11) is 1.84. The number of hydrogen-bond donors (Lipinski definition) is 0. The van der Waals surface area contributed by atoms with Crippen LogP contribution < -0.4 is 0 Å². The fourth-order valence-electron chi connectivity index (χ4n) is 2.01. The van der Waals surface area contributed by atoms with Gasteiger partial charge in [0, 0.05) is 26.7 Å². The summed E-state index contributed by atoms with van der Waals surface area (Å²) in [6, 6.07) is 0. The third kappa shape index (κ3) is 3.34. The van der Waals surface area contributed by atoms with Gasteiger partial charge in [-0.3, -0.25) is 9.58 Å². The van der Waals surface area contributed by atoms with Gasteiger partial charge in [-0.2, -0.15) is 5.10 Å². The third-order valence-electron chi connectivity index (χ3n) is 3.05. The molecular formula is C12H18BrN3O3. The molecule has 0 bridgehead atoms. The van der Waals surface area contributed by atoms with Gasteiger partial charge in [-0.1, -0.05) is 0 Å². The Hall–Kier alpha value is -0.920. The van der Waals surface area contributed by atoms with Gasteiger partial charge in [0.05, 0.1) is 30.0 Å². The van der Waals surface area contributed by atoms with Crippen LogP contribution in [0.5, 0.6) is 0 Å². The largest absolute Gasteiger partial charge is 0.461 e. The van der Waals surface area contributed by atoms with Gasteiger partial charge in [0.25, 0.3) is 0 Å². The molecule has 0 atom stereocenters. The third-order valence-corrected chi connectivity index (χ3v) is 3.88. The average Bonchev–Trinajstić information content (AvgIpc) is 2.68. The van der Waals surface area contributed by atoms with Crippen LogP contribution in [0.4, 0.5) is 0 Å². The van der Waals surface area contributed by atoms with Crippen molar-refractivity contribution < 1.29 is 14.3 Å². The lowest BCUT2D eigenvalue weighted by atomic mass is 10.3. The number of hydrogen-bond acceptors (Lipinski definition) is 5. The second kappa shape index (κ2) is 6.49. The van der Waals surface area contributed by atoms with E-state index in [0.717, 1.165) is 43.0 Å². The summed E-state index contributed by atoms with van der Waals surface area (Å²) in [5.74, 6) is -0.391. The molecule has 2 rings (SSSR count). The molecule has 0 saturated carbocycles. The van der Waals surface area contributed by atoms with Crippen LogP contribution in [0.2, 0.25) is 0 Å². The number of nitrogens with zero attached hydrogens (tertiary/aromatic N) is 3. The van der Waals surface area contributed by atoms with Crippen molar-refractivity contribution in [3.63, 3.8) is 0 Å². The van der Waals surface area contributed by atoms with E-state index < -0.39 is 5.97 Å². The average molecular weight is 332 g/mol. The van der Waals surface area contributed by atoms with Crippen molar-refractivity contribution in [1.29, 1.82) is 0 Å².